The van der Waals surface area contributed by atoms with E-state index in [1.54, 1.807) is 0 Å². The summed E-state index contributed by atoms with van der Waals surface area (Å²) in [6, 6.07) is 0. The largest absolute Gasteiger partial charge is 0.391 e. The van der Waals surface area contributed by atoms with Crippen LogP contribution in [0.1, 0.15) is 12.8 Å². The highest BCUT2D eigenvalue weighted by atomic mass is 35.5. The van der Waals surface area contributed by atoms with E-state index in [1.165, 1.54) is 0 Å². The topological polar surface area (TPSA) is 20.2 Å². The first-order valence-electron chi connectivity index (χ1n) is 3.52. The van der Waals surface area contributed by atoms with Crippen molar-refractivity contribution in [1.82, 2.24) is 0 Å². The van der Waals surface area contributed by atoms with Gasteiger partial charge in [0.15, 0.2) is 0 Å². The number of rotatable bonds is 0. The molecule has 1 saturated carbocycles. The van der Waals surface area contributed by atoms with E-state index in [0.717, 1.165) is 0 Å². The van der Waals surface area contributed by atoms with Crippen LogP contribution < -0.4 is 0 Å². The minimum atomic E-state index is -0.930. The summed E-state index contributed by atoms with van der Waals surface area (Å²) < 4.78 is 0. The van der Waals surface area contributed by atoms with Crippen LogP contribution in [0.25, 0.3) is 0 Å². The maximum Gasteiger partial charge on any atom is 0.109 e. The minimum Gasteiger partial charge on any atom is -0.391 e. The summed E-state index contributed by atoms with van der Waals surface area (Å²) in [4.78, 5) is -1.65. The quantitative estimate of drug-likeness (QED) is 0.653. The van der Waals surface area contributed by atoms with Gasteiger partial charge in [0.25, 0.3) is 0 Å². The standard InChI is InChI=1S/C7H6Cl4O/c8-4-5(9)7(11)2-6(4,10)1-3(7)12/h3,12H,1-2H2/t3-,6-,7-/m0/s1. The van der Waals surface area contributed by atoms with Crippen molar-refractivity contribution in [1.29, 1.82) is 0 Å². The van der Waals surface area contributed by atoms with Crippen molar-refractivity contribution in [3.8, 4) is 0 Å². The number of hydrogen-bond acceptors (Lipinski definition) is 1. The molecule has 2 rings (SSSR count). The second kappa shape index (κ2) is 2.46. The van der Waals surface area contributed by atoms with Crippen molar-refractivity contribution in [3.63, 3.8) is 0 Å². The Balaban J connectivity index is 2.54. The van der Waals surface area contributed by atoms with Gasteiger partial charge in [-0.1, -0.05) is 23.2 Å². The Bertz CT molecular complexity index is 277. The lowest BCUT2D eigenvalue weighted by atomic mass is 10.0. The summed E-state index contributed by atoms with van der Waals surface area (Å²) >= 11 is 23.9. The van der Waals surface area contributed by atoms with Crippen LogP contribution >= 0.6 is 46.4 Å². The van der Waals surface area contributed by atoms with Crippen LogP contribution in [0.4, 0.5) is 0 Å². The van der Waals surface area contributed by atoms with Crippen LogP contribution in [0.2, 0.25) is 0 Å². The Morgan fingerprint density at radius 1 is 1.25 bits per heavy atom. The second-order valence-corrected chi connectivity index (χ2v) is 5.51. The molecule has 0 saturated heterocycles. The van der Waals surface area contributed by atoms with Crippen molar-refractivity contribution >= 4 is 46.4 Å². The number of hydrogen-bond donors (Lipinski definition) is 1. The molecule has 0 aliphatic heterocycles. The molecule has 12 heavy (non-hydrogen) atoms. The Morgan fingerprint density at radius 3 is 2.17 bits per heavy atom. The third-order valence-electron chi connectivity index (χ3n) is 2.53. The molecule has 1 nitrogen and oxygen atoms in total. The van der Waals surface area contributed by atoms with E-state index in [4.69, 9.17) is 46.4 Å². The first-order chi connectivity index (χ1) is 5.40. The van der Waals surface area contributed by atoms with E-state index < -0.39 is 15.9 Å². The average molecular weight is 248 g/mol. The van der Waals surface area contributed by atoms with Gasteiger partial charge in [-0.25, -0.2) is 0 Å². The predicted molar refractivity (Wildman–Crippen MR) is 51.1 cm³/mol. The van der Waals surface area contributed by atoms with Crippen molar-refractivity contribution in [2.75, 3.05) is 0 Å². The Kier molecular flexibility index (Phi) is 1.93. The van der Waals surface area contributed by atoms with Crippen LogP contribution in [0.3, 0.4) is 0 Å². The van der Waals surface area contributed by atoms with Gasteiger partial charge >= 0.3 is 0 Å². The third-order valence-corrected chi connectivity index (χ3v) is 4.95. The van der Waals surface area contributed by atoms with Gasteiger partial charge in [-0.15, -0.1) is 23.2 Å². The van der Waals surface area contributed by atoms with E-state index in [0.29, 0.717) is 22.9 Å². The molecule has 0 aromatic carbocycles. The zero-order valence-corrected chi connectivity index (χ0v) is 8.97. The smallest absolute Gasteiger partial charge is 0.109 e. The average Bonchev–Trinajstić information content (AvgIpc) is 2.29. The lowest BCUT2D eigenvalue weighted by Crippen LogP contribution is -2.32. The number of aliphatic hydroxyl groups is 1. The molecule has 2 aliphatic carbocycles. The van der Waals surface area contributed by atoms with Crippen molar-refractivity contribution in [2.45, 2.75) is 28.7 Å². The summed E-state index contributed by atoms with van der Waals surface area (Å²) in [5.74, 6) is 0. The molecule has 0 unspecified atom stereocenters. The maximum atomic E-state index is 9.54. The summed E-state index contributed by atoms with van der Waals surface area (Å²) in [5.41, 5.74) is 0. The molecule has 2 aliphatic rings. The summed E-state index contributed by atoms with van der Waals surface area (Å²) in [6.45, 7) is 0. The van der Waals surface area contributed by atoms with Gasteiger partial charge in [0, 0.05) is 0 Å². The van der Waals surface area contributed by atoms with E-state index >= 15 is 0 Å². The summed E-state index contributed by atoms with van der Waals surface area (Å²) in [7, 11) is 0. The van der Waals surface area contributed by atoms with Crippen molar-refractivity contribution in [3.05, 3.63) is 10.1 Å². The molecule has 68 valence electrons. The van der Waals surface area contributed by atoms with Crippen molar-refractivity contribution < 1.29 is 5.11 Å². The number of aliphatic hydroxyl groups excluding tert-OH is 1. The molecule has 3 atom stereocenters. The van der Waals surface area contributed by atoms with Crippen molar-refractivity contribution in [2.24, 2.45) is 0 Å². The van der Waals surface area contributed by atoms with Gasteiger partial charge in [0.1, 0.15) is 4.87 Å². The van der Waals surface area contributed by atoms with Gasteiger partial charge in [-0.2, -0.15) is 0 Å². The molecule has 1 N–H and O–H groups in total. The van der Waals surface area contributed by atoms with Crippen LogP contribution in [-0.2, 0) is 0 Å². The van der Waals surface area contributed by atoms with Gasteiger partial charge in [0.2, 0.25) is 0 Å². The van der Waals surface area contributed by atoms with E-state index in [9.17, 15) is 5.11 Å². The highest BCUT2D eigenvalue weighted by molar-refractivity contribution is 6.51. The van der Waals surface area contributed by atoms with E-state index in [1.807, 2.05) is 0 Å². The zero-order valence-electron chi connectivity index (χ0n) is 5.95. The number of alkyl halides is 2. The van der Waals surface area contributed by atoms with Gasteiger partial charge in [-0.3, -0.25) is 0 Å². The normalized spacial score (nSPS) is 52.2. The number of allylic oxidation sites excluding steroid dienone is 1. The lowest BCUT2D eigenvalue weighted by molar-refractivity contribution is 0.158. The molecule has 0 heterocycles. The fourth-order valence-corrected chi connectivity index (χ4v) is 3.54. The molecular formula is C7H6Cl4O. The van der Waals surface area contributed by atoms with Gasteiger partial charge in [-0.05, 0) is 12.8 Å². The van der Waals surface area contributed by atoms with E-state index in [2.05, 4.69) is 0 Å². The highest BCUT2D eigenvalue weighted by Gasteiger charge is 2.62. The first kappa shape index (κ1) is 9.42. The number of halogens is 4. The van der Waals surface area contributed by atoms with Crippen LogP contribution in [-0.4, -0.2) is 21.0 Å². The Labute approximate surface area is 90.2 Å². The minimum absolute atomic E-state index is 0.305. The second-order valence-electron chi connectivity index (χ2n) is 3.35. The Morgan fingerprint density at radius 2 is 1.83 bits per heavy atom. The predicted octanol–water partition coefficient (Wildman–Crippen LogP) is 2.80. The zero-order chi connectivity index (χ0) is 9.15. The fourth-order valence-electron chi connectivity index (χ4n) is 1.84. The molecule has 0 spiro atoms. The van der Waals surface area contributed by atoms with Gasteiger partial charge in [0.05, 0.1) is 21.0 Å². The first-order valence-corrected chi connectivity index (χ1v) is 5.03. The molecule has 2 bridgehead atoms. The molecule has 0 amide bonds. The van der Waals surface area contributed by atoms with Crippen LogP contribution in [0, 0.1) is 0 Å². The van der Waals surface area contributed by atoms with Crippen LogP contribution in [0.15, 0.2) is 10.1 Å². The molecule has 0 aromatic rings. The third kappa shape index (κ3) is 0.921. The SMILES string of the molecule is O[C@H]1C[C@]2(Cl)C[C@@]1(Cl)C(Cl)=C2Cl. The molecular weight excluding hydrogens is 242 g/mol. The molecule has 1 fully saturated rings. The summed E-state index contributed by atoms with van der Waals surface area (Å²) in [5, 5.41) is 10.2. The van der Waals surface area contributed by atoms with Crippen LogP contribution in [0.5, 0.6) is 0 Å². The molecule has 0 aromatic heterocycles. The maximum absolute atomic E-state index is 9.54. The lowest BCUT2D eigenvalue weighted by Gasteiger charge is -2.25. The molecule has 0 radical (unpaired) electrons. The molecule has 5 heteroatoms. The van der Waals surface area contributed by atoms with E-state index in [-0.39, 0.29) is 0 Å². The fraction of sp³-hybridized carbons (Fsp3) is 0.714. The monoisotopic (exact) mass is 246 g/mol. The number of fused-ring (bicyclic) bond motifs is 2. The summed E-state index contributed by atoms with van der Waals surface area (Å²) in [6.07, 6.45) is 0.112. The van der Waals surface area contributed by atoms with Gasteiger partial charge < -0.3 is 5.11 Å². The Hall–Kier alpha value is 0.860. The highest BCUT2D eigenvalue weighted by Crippen LogP contribution is 2.62.